The van der Waals surface area contributed by atoms with E-state index in [0.29, 0.717) is 30.0 Å². The van der Waals surface area contributed by atoms with Gasteiger partial charge in [0.1, 0.15) is 12.4 Å². The molecule has 1 aliphatic rings. The minimum Gasteiger partial charge on any atom is -0.489 e. The highest BCUT2D eigenvalue weighted by molar-refractivity contribution is 6.01. The van der Waals surface area contributed by atoms with E-state index in [2.05, 4.69) is 4.74 Å². The first-order chi connectivity index (χ1) is 12.1. The molecule has 1 aliphatic carbocycles. The Morgan fingerprint density at radius 1 is 1.24 bits per heavy atom. The number of ether oxygens (including phenoxy) is 2. The van der Waals surface area contributed by atoms with E-state index in [1.54, 1.807) is 12.1 Å². The highest BCUT2D eigenvalue weighted by atomic mass is 16.5. The van der Waals surface area contributed by atoms with Crippen molar-refractivity contribution in [1.29, 1.82) is 0 Å². The van der Waals surface area contributed by atoms with Gasteiger partial charge in [-0.1, -0.05) is 18.2 Å². The van der Waals surface area contributed by atoms with Crippen LogP contribution in [0.3, 0.4) is 0 Å². The van der Waals surface area contributed by atoms with Crippen molar-refractivity contribution >= 4 is 17.4 Å². The second-order valence-corrected chi connectivity index (χ2v) is 6.19. The van der Waals surface area contributed by atoms with Gasteiger partial charge in [0, 0.05) is 22.7 Å². The number of rotatable bonds is 5. The lowest BCUT2D eigenvalue weighted by atomic mass is 9.81. The molecule has 0 bridgehead atoms. The summed E-state index contributed by atoms with van der Waals surface area (Å²) in [6.07, 6.45) is 1.53. The Kier molecular flexibility index (Phi) is 5.03. The van der Waals surface area contributed by atoms with E-state index in [1.165, 1.54) is 7.11 Å². The van der Waals surface area contributed by atoms with Crippen molar-refractivity contribution in [2.75, 3.05) is 12.8 Å². The Morgan fingerprint density at radius 3 is 2.80 bits per heavy atom. The van der Waals surface area contributed by atoms with Gasteiger partial charge in [-0.25, -0.2) is 0 Å². The summed E-state index contributed by atoms with van der Waals surface area (Å²) in [6.45, 7) is 0.379. The predicted molar refractivity (Wildman–Crippen MR) is 94.4 cm³/mol. The van der Waals surface area contributed by atoms with Gasteiger partial charge in [0.25, 0.3) is 0 Å². The van der Waals surface area contributed by atoms with Crippen LogP contribution in [0.15, 0.2) is 42.5 Å². The van der Waals surface area contributed by atoms with Crippen LogP contribution in [-0.4, -0.2) is 18.9 Å². The summed E-state index contributed by atoms with van der Waals surface area (Å²) < 4.78 is 10.5. The van der Waals surface area contributed by atoms with Crippen molar-refractivity contribution in [2.24, 2.45) is 5.92 Å². The number of aryl methyl sites for hydroxylation is 1. The van der Waals surface area contributed by atoms with Crippen LogP contribution in [0.1, 0.15) is 34.3 Å². The summed E-state index contributed by atoms with van der Waals surface area (Å²) in [5.74, 6) is 0.0739. The van der Waals surface area contributed by atoms with Crippen molar-refractivity contribution < 1.29 is 19.1 Å². The summed E-state index contributed by atoms with van der Waals surface area (Å²) in [7, 11) is 1.34. The summed E-state index contributed by atoms with van der Waals surface area (Å²) in [6, 6.07) is 13.0. The topological polar surface area (TPSA) is 78.6 Å². The number of hydrogen-bond acceptors (Lipinski definition) is 5. The summed E-state index contributed by atoms with van der Waals surface area (Å²) >= 11 is 0. The highest BCUT2D eigenvalue weighted by Crippen LogP contribution is 2.30. The molecule has 0 saturated heterocycles. The number of hydrogen-bond donors (Lipinski definition) is 1. The third-order valence-corrected chi connectivity index (χ3v) is 4.57. The maximum atomic E-state index is 12.5. The molecule has 0 saturated carbocycles. The van der Waals surface area contributed by atoms with E-state index < -0.39 is 0 Å². The van der Waals surface area contributed by atoms with Crippen LogP contribution in [0.25, 0.3) is 0 Å². The van der Waals surface area contributed by atoms with Crippen LogP contribution in [-0.2, 0) is 22.6 Å². The molecule has 2 aromatic carbocycles. The Bertz CT molecular complexity index is 800. The van der Waals surface area contributed by atoms with Crippen LogP contribution in [0.2, 0.25) is 0 Å². The lowest BCUT2D eigenvalue weighted by Gasteiger charge is -2.23. The molecule has 25 heavy (non-hydrogen) atoms. The number of nitrogens with two attached hydrogens (primary N) is 1. The third-order valence-electron chi connectivity index (χ3n) is 4.57. The number of para-hydroxylation sites is 1. The van der Waals surface area contributed by atoms with Crippen LogP contribution in [0.5, 0.6) is 5.75 Å². The first kappa shape index (κ1) is 17.0. The van der Waals surface area contributed by atoms with Gasteiger partial charge in [0.05, 0.1) is 13.5 Å². The average molecular weight is 339 g/mol. The number of fused-ring (bicyclic) bond motifs is 1. The van der Waals surface area contributed by atoms with Crippen molar-refractivity contribution in [1.82, 2.24) is 0 Å². The Morgan fingerprint density at radius 2 is 2.04 bits per heavy atom. The lowest BCUT2D eigenvalue weighted by Crippen LogP contribution is -2.25. The van der Waals surface area contributed by atoms with Gasteiger partial charge in [-0.05, 0) is 42.7 Å². The summed E-state index contributed by atoms with van der Waals surface area (Å²) in [4.78, 5) is 24.0. The normalized spacial score (nSPS) is 16.2. The molecule has 0 aliphatic heterocycles. The SMILES string of the molecule is COC(=O)CC1CCc2cc(OCc3ccccc3N)ccc2C1=O. The molecule has 130 valence electrons. The molecular formula is C20H21NO4. The van der Waals surface area contributed by atoms with Crippen LogP contribution >= 0.6 is 0 Å². The zero-order chi connectivity index (χ0) is 17.8. The van der Waals surface area contributed by atoms with Crippen molar-refractivity contribution in [2.45, 2.75) is 25.9 Å². The minimum atomic E-state index is -0.345. The Labute approximate surface area is 146 Å². The van der Waals surface area contributed by atoms with E-state index in [1.807, 2.05) is 30.3 Å². The second-order valence-electron chi connectivity index (χ2n) is 6.19. The van der Waals surface area contributed by atoms with Crippen LogP contribution in [0, 0.1) is 5.92 Å². The molecule has 1 unspecified atom stereocenters. The second kappa shape index (κ2) is 7.38. The van der Waals surface area contributed by atoms with Gasteiger partial charge < -0.3 is 15.2 Å². The van der Waals surface area contributed by atoms with Gasteiger partial charge in [0.15, 0.2) is 5.78 Å². The number of anilines is 1. The summed E-state index contributed by atoms with van der Waals surface area (Å²) in [5.41, 5.74) is 9.17. The fraction of sp³-hybridized carbons (Fsp3) is 0.300. The largest absolute Gasteiger partial charge is 0.489 e. The first-order valence-corrected chi connectivity index (χ1v) is 8.28. The molecule has 2 aromatic rings. The highest BCUT2D eigenvalue weighted by Gasteiger charge is 2.29. The molecule has 5 heteroatoms. The van der Waals surface area contributed by atoms with Crippen LogP contribution in [0.4, 0.5) is 5.69 Å². The van der Waals surface area contributed by atoms with Crippen LogP contribution < -0.4 is 10.5 Å². The maximum Gasteiger partial charge on any atom is 0.306 e. The molecular weight excluding hydrogens is 318 g/mol. The van der Waals surface area contributed by atoms with Crippen molar-refractivity contribution in [3.63, 3.8) is 0 Å². The van der Waals surface area contributed by atoms with E-state index in [9.17, 15) is 9.59 Å². The number of esters is 1. The van der Waals surface area contributed by atoms with Gasteiger partial charge >= 0.3 is 5.97 Å². The lowest BCUT2D eigenvalue weighted by molar-refractivity contribution is -0.141. The van der Waals surface area contributed by atoms with E-state index >= 15 is 0 Å². The van der Waals surface area contributed by atoms with Crippen molar-refractivity contribution in [3.8, 4) is 5.75 Å². The maximum absolute atomic E-state index is 12.5. The van der Waals surface area contributed by atoms with E-state index in [4.69, 9.17) is 10.5 Å². The molecule has 0 spiro atoms. The fourth-order valence-electron chi connectivity index (χ4n) is 3.09. The molecule has 2 N–H and O–H groups in total. The van der Waals surface area contributed by atoms with Gasteiger partial charge in [-0.3, -0.25) is 9.59 Å². The number of benzene rings is 2. The average Bonchev–Trinajstić information content (AvgIpc) is 2.63. The number of nitrogen functional groups attached to an aromatic ring is 1. The van der Waals surface area contributed by atoms with Gasteiger partial charge in [-0.2, -0.15) is 0 Å². The number of Topliss-reactive ketones (excluding diaryl/α,β-unsaturated/α-hetero) is 1. The zero-order valence-electron chi connectivity index (χ0n) is 14.2. The summed E-state index contributed by atoms with van der Waals surface area (Å²) in [5, 5.41) is 0. The standard InChI is InChI=1S/C20H21NO4/c1-24-19(22)11-14-7-6-13-10-16(8-9-17(13)20(14)23)25-12-15-4-2-3-5-18(15)21/h2-5,8-10,14H,6-7,11-12,21H2,1H3. The van der Waals surface area contributed by atoms with Gasteiger partial charge in [0.2, 0.25) is 0 Å². The number of carbonyl (C=O) groups excluding carboxylic acids is 2. The number of ketones is 1. The smallest absolute Gasteiger partial charge is 0.306 e. The molecule has 5 nitrogen and oxygen atoms in total. The molecule has 0 radical (unpaired) electrons. The molecule has 1 atom stereocenters. The minimum absolute atomic E-state index is 0.00510. The number of carbonyl (C=O) groups is 2. The van der Waals surface area contributed by atoms with E-state index in [0.717, 1.165) is 17.5 Å². The molecule has 0 heterocycles. The molecule has 0 fully saturated rings. The van der Waals surface area contributed by atoms with E-state index in [-0.39, 0.29) is 24.1 Å². The molecule has 0 aromatic heterocycles. The fourth-order valence-corrected chi connectivity index (χ4v) is 3.09. The quantitative estimate of drug-likeness (QED) is 0.669. The third kappa shape index (κ3) is 3.82. The molecule has 3 rings (SSSR count). The monoisotopic (exact) mass is 339 g/mol. The Balaban J connectivity index is 1.70. The first-order valence-electron chi connectivity index (χ1n) is 8.28. The number of methoxy groups -OCH3 is 1. The van der Waals surface area contributed by atoms with Gasteiger partial charge in [-0.15, -0.1) is 0 Å². The molecule has 0 amide bonds. The van der Waals surface area contributed by atoms with Crippen molar-refractivity contribution in [3.05, 3.63) is 59.2 Å². The predicted octanol–water partition coefficient (Wildman–Crippen LogP) is 3.16. The zero-order valence-corrected chi connectivity index (χ0v) is 14.2. The Hall–Kier alpha value is -2.82.